The van der Waals surface area contributed by atoms with Crippen molar-refractivity contribution >= 4 is 22.5 Å². The summed E-state index contributed by atoms with van der Waals surface area (Å²) in [7, 11) is 4.06. The molecule has 2 saturated carbocycles. The van der Waals surface area contributed by atoms with Crippen LogP contribution in [0.25, 0.3) is 10.9 Å². The summed E-state index contributed by atoms with van der Waals surface area (Å²) < 4.78 is 43.1. The molecule has 1 amide bonds. The topological polar surface area (TPSA) is 72.3 Å². The number of nitrogens with zero attached hydrogens (tertiary/aromatic N) is 4. The van der Waals surface area contributed by atoms with Gasteiger partial charge in [0.15, 0.2) is 0 Å². The maximum atomic E-state index is 14.4. The van der Waals surface area contributed by atoms with Gasteiger partial charge in [-0.3, -0.25) is 9.78 Å². The molecule has 6 nitrogen and oxygen atoms in total. The summed E-state index contributed by atoms with van der Waals surface area (Å²) in [5, 5.41) is 13.0. The molecule has 9 heteroatoms. The van der Waals surface area contributed by atoms with Gasteiger partial charge >= 0.3 is 6.18 Å². The van der Waals surface area contributed by atoms with Crippen LogP contribution in [-0.4, -0.2) is 61.2 Å². The predicted molar refractivity (Wildman–Crippen MR) is 122 cm³/mol. The van der Waals surface area contributed by atoms with Crippen molar-refractivity contribution in [1.29, 1.82) is 5.26 Å². The van der Waals surface area contributed by atoms with Crippen LogP contribution in [0.2, 0.25) is 0 Å². The van der Waals surface area contributed by atoms with E-state index in [9.17, 15) is 23.2 Å². The number of hydrogen-bond donors (Lipinski definition) is 1. The zero-order valence-electron chi connectivity index (χ0n) is 19.3. The summed E-state index contributed by atoms with van der Waals surface area (Å²) in [5.74, 6) is -0.475. The van der Waals surface area contributed by atoms with Gasteiger partial charge in [-0.2, -0.15) is 18.4 Å². The number of pyridine rings is 1. The normalized spacial score (nSPS) is 30.8. The second kappa shape index (κ2) is 7.84. The highest BCUT2D eigenvalue weighted by molar-refractivity contribution is 5.97. The van der Waals surface area contributed by atoms with E-state index in [4.69, 9.17) is 0 Å². The van der Waals surface area contributed by atoms with Crippen LogP contribution in [0, 0.1) is 22.2 Å². The van der Waals surface area contributed by atoms with Gasteiger partial charge in [0.05, 0.1) is 16.5 Å². The third-order valence-corrected chi connectivity index (χ3v) is 8.26. The molecule has 0 radical (unpaired) electrons. The SMILES string of the molecule is CN(C)C1CCC(NC(=O)[C@@]23CN(c4ccc(C#N)c5ncccc45)C[C@]2(C(F)(F)F)C3)CC1. The average molecular weight is 472 g/mol. The zero-order chi connectivity index (χ0) is 24.3. The molecule has 3 aliphatic rings. The minimum atomic E-state index is -4.48. The molecule has 0 bridgehead atoms. The third kappa shape index (κ3) is 3.34. The summed E-state index contributed by atoms with van der Waals surface area (Å²) in [6, 6.07) is 9.18. The van der Waals surface area contributed by atoms with E-state index in [-0.39, 0.29) is 25.6 Å². The second-order valence-electron chi connectivity index (χ2n) is 10.3. The van der Waals surface area contributed by atoms with E-state index < -0.39 is 22.9 Å². The molecule has 3 fully saturated rings. The van der Waals surface area contributed by atoms with E-state index in [1.165, 1.54) is 0 Å². The number of fused-ring (bicyclic) bond motifs is 2. The first-order valence-electron chi connectivity index (χ1n) is 11.7. The first-order valence-corrected chi connectivity index (χ1v) is 11.7. The van der Waals surface area contributed by atoms with Gasteiger partial charge in [0.25, 0.3) is 0 Å². The Kier molecular flexibility index (Phi) is 5.28. The fraction of sp³-hybridized carbons (Fsp3) is 0.560. The Hall–Kier alpha value is -2.86. The van der Waals surface area contributed by atoms with Crippen LogP contribution in [0.4, 0.5) is 18.9 Å². The molecule has 2 atom stereocenters. The molecule has 2 aliphatic carbocycles. The van der Waals surface area contributed by atoms with Crippen molar-refractivity contribution in [3.63, 3.8) is 0 Å². The lowest BCUT2D eigenvalue weighted by molar-refractivity contribution is -0.191. The summed E-state index contributed by atoms with van der Waals surface area (Å²) in [5.41, 5.74) is -2.12. The number of amides is 1. The molecule has 1 aromatic heterocycles. The second-order valence-corrected chi connectivity index (χ2v) is 10.3. The van der Waals surface area contributed by atoms with Crippen LogP contribution in [-0.2, 0) is 4.79 Å². The summed E-state index contributed by atoms with van der Waals surface area (Å²) in [4.78, 5) is 21.5. The number of benzene rings is 1. The summed E-state index contributed by atoms with van der Waals surface area (Å²) in [6.07, 6.45) is 0.301. The van der Waals surface area contributed by atoms with Crippen molar-refractivity contribution in [3.8, 4) is 6.07 Å². The van der Waals surface area contributed by atoms with Crippen LogP contribution < -0.4 is 10.2 Å². The molecule has 1 N–H and O–H groups in total. The highest BCUT2D eigenvalue weighted by Crippen LogP contribution is 2.75. The molecule has 2 heterocycles. The van der Waals surface area contributed by atoms with Gasteiger partial charge in [-0.25, -0.2) is 0 Å². The first kappa shape index (κ1) is 22.9. The molecule has 34 heavy (non-hydrogen) atoms. The number of piperidine rings is 1. The number of carbonyl (C=O) groups excluding carboxylic acids is 1. The van der Waals surface area contributed by atoms with Gasteiger partial charge < -0.3 is 15.1 Å². The van der Waals surface area contributed by atoms with Gasteiger partial charge in [-0.05, 0) is 70.5 Å². The predicted octanol–water partition coefficient (Wildman–Crippen LogP) is 3.85. The lowest BCUT2D eigenvalue weighted by Crippen LogP contribution is -2.47. The first-order chi connectivity index (χ1) is 16.1. The van der Waals surface area contributed by atoms with Crippen LogP contribution >= 0.6 is 0 Å². The smallest absolute Gasteiger partial charge is 0.369 e. The van der Waals surface area contributed by atoms with E-state index in [1.54, 1.807) is 35.4 Å². The Morgan fingerprint density at radius 2 is 1.94 bits per heavy atom. The number of alkyl halides is 3. The Morgan fingerprint density at radius 3 is 2.59 bits per heavy atom. The largest absolute Gasteiger partial charge is 0.397 e. The van der Waals surface area contributed by atoms with Crippen molar-refractivity contribution in [2.75, 3.05) is 32.1 Å². The third-order valence-electron chi connectivity index (χ3n) is 8.26. The Bertz CT molecular complexity index is 1170. The van der Waals surface area contributed by atoms with E-state index in [0.717, 1.165) is 25.7 Å². The van der Waals surface area contributed by atoms with Crippen molar-refractivity contribution in [3.05, 3.63) is 36.0 Å². The lowest BCUT2D eigenvalue weighted by atomic mass is 9.89. The maximum Gasteiger partial charge on any atom is 0.397 e. The Balaban J connectivity index is 1.42. The minimum Gasteiger partial charge on any atom is -0.369 e. The molecule has 5 rings (SSSR count). The van der Waals surface area contributed by atoms with Crippen molar-refractivity contribution in [2.24, 2.45) is 10.8 Å². The van der Waals surface area contributed by atoms with E-state index in [0.29, 0.717) is 28.2 Å². The van der Waals surface area contributed by atoms with Gasteiger partial charge in [0.2, 0.25) is 5.91 Å². The van der Waals surface area contributed by atoms with Crippen molar-refractivity contribution in [2.45, 2.75) is 50.4 Å². The minimum absolute atomic E-state index is 0.00127. The Labute approximate surface area is 196 Å². The number of halogens is 3. The van der Waals surface area contributed by atoms with Crippen LogP contribution in [0.5, 0.6) is 0 Å². The fourth-order valence-corrected chi connectivity index (χ4v) is 6.18. The van der Waals surface area contributed by atoms with Crippen molar-refractivity contribution in [1.82, 2.24) is 15.2 Å². The average Bonchev–Trinajstić information content (AvgIpc) is 3.36. The molecular formula is C25H28F3N5O. The van der Waals surface area contributed by atoms with E-state index in [2.05, 4.69) is 21.3 Å². The molecule has 1 aliphatic heterocycles. The molecular weight excluding hydrogens is 443 g/mol. The lowest BCUT2D eigenvalue weighted by Gasteiger charge is -2.34. The number of nitriles is 1. The molecule has 180 valence electrons. The number of anilines is 1. The van der Waals surface area contributed by atoms with Gasteiger partial charge in [0, 0.05) is 42.4 Å². The molecule has 0 spiro atoms. The number of carbonyl (C=O) groups is 1. The summed E-state index contributed by atoms with van der Waals surface area (Å²) in [6.45, 7) is -0.269. The monoisotopic (exact) mass is 471 g/mol. The van der Waals surface area contributed by atoms with E-state index in [1.807, 2.05) is 14.1 Å². The highest BCUT2D eigenvalue weighted by Gasteiger charge is 2.86. The van der Waals surface area contributed by atoms with Gasteiger partial charge in [-0.1, -0.05) is 0 Å². The zero-order valence-corrected chi connectivity index (χ0v) is 19.3. The highest BCUT2D eigenvalue weighted by atomic mass is 19.4. The number of rotatable bonds is 4. The standard InChI is InChI=1S/C25H28F3N5O/c1-32(2)18-8-6-17(7-9-18)31-22(34)23-13-24(23,25(26,27)28)15-33(14-23)20-10-5-16(12-29)21-19(20)4-3-11-30-21/h3-5,10-11,17-18H,6-9,13-15H2,1-2H3,(H,31,34)/t17?,18?,23-,24-/m1/s1. The van der Waals surface area contributed by atoms with Gasteiger partial charge in [0.1, 0.15) is 11.5 Å². The van der Waals surface area contributed by atoms with Crippen LogP contribution in [0.1, 0.15) is 37.7 Å². The molecule has 1 aromatic carbocycles. The molecule has 0 unspecified atom stereocenters. The van der Waals surface area contributed by atoms with E-state index >= 15 is 0 Å². The fourth-order valence-electron chi connectivity index (χ4n) is 6.18. The van der Waals surface area contributed by atoms with Crippen LogP contribution in [0.3, 0.4) is 0 Å². The van der Waals surface area contributed by atoms with Crippen LogP contribution in [0.15, 0.2) is 30.5 Å². The number of aromatic nitrogens is 1. The number of hydrogen-bond acceptors (Lipinski definition) is 5. The molecule has 2 aromatic rings. The Morgan fingerprint density at radius 1 is 1.21 bits per heavy atom. The van der Waals surface area contributed by atoms with Gasteiger partial charge in [-0.15, -0.1) is 0 Å². The quantitative estimate of drug-likeness (QED) is 0.733. The van der Waals surface area contributed by atoms with Crippen molar-refractivity contribution < 1.29 is 18.0 Å². The number of nitrogens with one attached hydrogen (secondary N) is 1. The molecule has 1 saturated heterocycles. The maximum absolute atomic E-state index is 14.4. The summed E-state index contributed by atoms with van der Waals surface area (Å²) >= 11 is 0.